The second kappa shape index (κ2) is 9.14. The number of nitrogens with one attached hydrogen (secondary N) is 1. The molecule has 1 saturated heterocycles. The van der Waals surface area contributed by atoms with Crippen LogP contribution in [0.15, 0.2) is 42.7 Å². The average molecular weight is 368 g/mol. The molecule has 1 aliphatic rings. The third-order valence-electron chi connectivity index (χ3n) is 4.33. The second-order valence-corrected chi connectivity index (χ2v) is 6.44. The maximum atomic E-state index is 10.5. The van der Waals surface area contributed by atoms with Crippen LogP contribution in [-0.2, 0) is 11.3 Å². The molecule has 0 spiro atoms. The van der Waals surface area contributed by atoms with Crippen LogP contribution in [-0.4, -0.2) is 51.7 Å². The van der Waals surface area contributed by atoms with Crippen LogP contribution in [0.5, 0.6) is 5.75 Å². The molecule has 1 aromatic carbocycles. The molecule has 142 valence electrons. The van der Waals surface area contributed by atoms with Crippen molar-refractivity contribution in [2.24, 2.45) is 0 Å². The molecule has 2 heterocycles. The summed E-state index contributed by atoms with van der Waals surface area (Å²) in [6, 6.07) is 8.57. The summed E-state index contributed by atoms with van der Waals surface area (Å²) in [5.41, 5.74) is 1.79. The topological polar surface area (TPSA) is 87.6 Å². The van der Waals surface area contributed by atoms with Gasteiger partial charge in [0.25, 0.3) is 0 Å². The lowest BCUT2D eigenvalue weighted by molar-refractivity contribution is -0.131. The lowest BCUT2D eigenvalue weighted by Crippen LogP contribution is -2.26. The van der Waals surface area contributed by atoms with Gasteiger partial charge in [0.15, 0.2) is 0 Å². The van der Waals surface area contributed by atoms with E-state index in [4.69, 9.17) is 9.84 Å². The van der Waals surface area contributed by atoms with Gasteiger partial charge in [-0.05, 0) is 37.1 Å². The van der Waals surface area contributed by atoms with Gasteiger partial charge >= 0.3 is 5.97 Å². The van der Waals surface area contributed by atoms with Crippen molar-refractivity contribution >= 4 is 17.9 Å². The molecule has 1 aromatic heterocycles. The smallest absolute Gasteiger partial charge is 0.328 e. The molecule has 2 aromatic rings. The number of benzene rings is 1. The normalized spacial score (nSPS) is 17.3. The number of likely N-dealkylation sites (tertiary alicyclic amines) is 1. The Hall–Kier alpha value is -2.93. The van der Waals surface area contributed by atoms with Gasteiger partial charge in [0, 0.05) is 31.8 Å². The third-order valence-corrected chi connectivity index (χ3v) is 4.33. The first-order valence-corrected chi connectivity index (χ1v) is 9.06. The molecule has 0 bridgehead atoms. The van der Waals surface area contributed by atoms with Gasteiger partial charge in [-0.2, -0.15) is 0 Å². The molecule has 0 radical (unpaired) electrons. The first-order valence-electron chi connectivity index (χ1n) is 9.06. The van der Waals surface area contributed by atoms with Crippen LogP contribution in [0.4, 0.5) is 5.82 Å². The van der Waals surface area contributed by atoms with E-state index in [1.165, 1.54) is 11.6 Å². The van der Waals surface area contributed by atoms with Crippen molar-refractivity contribution in [3.8, 4) is 5.75 Å². The van der Waals surface area contributed by atoms with Gasteiger partial charge in [0.05, 0.1) is 24.7 Å². The van der Waals surface area contributed by atoms with Gasteiger partial charge in [-0.3, -0.25) is 9.88 Å². The average Bonchev–Trinajstić information content (AvgIpc) is 3.10. The van der Waals surface area contributed by atoms with Crippen LogP contribution < -0.4 is 10.1 Å². The summed E-state index contributed by atoms with van der Waals surface area (Å²) in [7, 11) is 0. The number of aliphatic carboxylic acids is 1. The van der Waals surface area contributed by atoms with E-state index in [0.29, 0.717) is 24.2 Å². The van der Waals surface area contributed by atoms with E-state index < -0.39 is 5.97 Å². The number of aromatic nitrogens is 2. The zero-order valence-corrected chi connectivity index (χ0v) is 15.3. The summed E-state index contributed by atoms with van der Waals surface area (Å²) in [6.07, 6.45) is 6.71. The van der Waals surface area contributed by atoms with Crippen LogP contribution in [0, 0.1) is 0 Å². The zero-order valence-electron chi connectivity index (χ0n) is 15.3. The van der Waals surface area contributed by atoms with Crippen LogP contribution in [0.3, 0.4) is 0 Å². The number of anilines is 1. The predicted molar refractivity (Wildman–Crippen MR) is 104 cm³/mol. The third kappa shape index (κ3) is 5.79. The largest absolute Gasteiger partial charge is 0.494 e. The van der Waals surface area contributed by atoms with Crippen molar-refractivity contribution in [2.75, 3.05) is 25.0 Å². The Morgan fingerprint density at radius 3 is 2.81 bits per heavy atom. The van der Waals surface area contributed by atoms with Crippen molar-refractivity contribution in [3.05, 3.63) is 54.0 Å². The second-order valence-electron chi connectivity index (χ2n) is 6.44. The molecule has 3 rings (SSSR count). The van der Waals surface area contributed by atoms with Crippen LogP contribution in [0.25, 0.3) is 6.08 Å². The fourth-order valence-electron chi connectivity index (χ4n) is 3.07. The molecule has 0 saturated carbocycles. The molecule has 27 heavy (non-hydrogen) atoms. The molecular weight excluding hydrogens is 344 g/mol. The lowest BCUT2D eigenvalue weighted by atomic mass is 10.2. The van der Waals surface area contributed by atoms with Crippen molar-refractivity contribution in [1.29, 1.82) is 0 Å². The number of carboxylic acid groups (broad SMARTS) is 1. The Bertz CT molecular complexity index is 775. The van der Waals surface area contributed by atoms with E-state index in [1.807, 2.05) is 19.1 Å². The summed E-state index contributed by atoms with van der Waals surface area (Å²) in [5.74, 6) is 0.607. The molecule has 1 atom stereocenters. The highest BCUT2D eigenvalue weighted by atomic mass is 16.5. The molecular formula is C20H24N4O3. The minimum absolute atomic E-state index is 0.322. The summed E-state index contributed by atoms with van der Waals surface area (Å²) >= 11 is 0. The maximum Gasteiger partial charge on any atom is 0.328 e. The number of hydrogen-bond acceptors (Lipinski definition) is 6. The highest BCUT2D eigenvalue weighted by Crippen LogP contribution is 2.18. The number of ether oxygens (including phenoxy) is 1. The monoisotopic (exact) mass is 368 g/mol. The number of nitrogens with zero attached hydrogens (tertiary/aromatic N) is 3. The minimum atomic E-state index is -1.00. The summed E-state index contributed by atoms with van der Waals surface area (Å²) in [6.45, 7) is 5.54. The van der Waals surface area contributed by atoms with Gasteiger partial charge < -0.3 is 15.2 Å². The van der Waals surface area contributed by atoms with Crippen molar-refractivity contribution < 1.29 is 14.6 Å². The van der Waals surface area contributed by atoms with Gasteiger partial charge in [-0.25, -0.2) is 9.78 Å². The van der Waals surface area contributed by atoms with E-state index in [0.717, 1.165) is 37.9 Å². The molecule has 0 unspecified atom stereocenters. The van der Waals surface area contributed by atoms with Gasteiger partial charge in [-0.15, -0.1) is 0 Å². The first-order chi connectivity index (χ1) is 13.1. The highest BCUT2D eigenvalue weighted by Gasteiger charge is 2.22. The fourth-order valence-corrected chi connectivity index (χ4v) is 3.07. The van der Waals surface area contributed by atoms with Crippen molar-refractivity contribution in [3.63, 3.8) is 0 Å². The predicted octanol–water partition coefficient (Wildman–Crippen LogP) is 2.66. The Morgan fingerprint density at radius 1 is 1.33 bits per heavy atom. The van der Waals surface area contributed by atoms with Gasteiger partial charge in [0.2, 0.25) is 0 Å². The number of carbonyl (C=O) groups is 1. The lowest BCUT2D eigenvalue weighted by Gasteiger charge is -2.17. The quantitative estimate of drug-likeness (QED) is 0.693. The summed E-state index contributed by atoms with van der Waals surface area (Å²) < 4.78 is 5.48. The van der Waals surface area contributed by atoms with Gasteiger partial charge in [0.1, 0.15) is 11.6 Å². The maximum absolute atomic E-state index is 10.5. The van der Waals surface area contributed by atoms with E-state index in [9.17, 15) is 4.79 Å². The van der Waals surface area contributed by atoms with Crippen LogP contribution >= 0.6 is 0 Å². The summed E-state index contributed by atoms with van der Waals surface area (Å²) in [5, 5.41) is 12.0. The standard InChI is InChI=1S/C20H24N4O3/c1-2-27-18-6-3-15(4-7-18)13-24-10-9-17(14-24)23-19-12-21-16(11-22-19)5-8-20(25)26/h3-8,11-12,17H,2,9-10,13-14H2,1H3,(H,22,23)(H,25,26)/b8-5+/t17-/m1/s1. The summed E-state index contributed by atoms with van der Waals surface area (Å²) in [4.78, 5) is 21.4. The highest BCUT2D eigenvalue weighted by molar-refractivity contribution is 5.84. The van der Waals surface area contributed by atoms with E-state index in [-0.39, 0.29) is 0 Å². The first kappa shape index (κ1) is 18.8. The fraction of sp³-hybridized carbons (Fsp3) is 0.350. The molecule has 1 aliphatic heterocycles. The number of hydrogen-bond donors (Lipinski definition) is 2. The molecule has 0 amide bonds. The molecule has 7 nitrogen and oxygen atoms in total. The molecule has 2 N–H and O–H groups in total. The number of carboxylic acids is 1. The SMILES string of the molecule is CCOc1ccc(CN2CC[C@@H](Nc3cnc(/C=C/C(=O)O)cn3)C2)cc1. The van der Waals surface area contributed by atoms with Crippen LogP contribution in [0.1, 0.15) is 24.6 Å². The minimum Gasteiger partial charge on any atom is -0.494 e. The Kier molecular flexibility index (Phi) is 6.38. The van der Waals surface area contributed by atoms with Crippen LogP contribution in [0.2, 0.25) is 0 Å². The van der Waals surface area contributed by atoms with E-state index in [1.54, 1.807) is 12.4 Å². The van der Waals surface area contributed by atoms with Crippen molar-refractivity contribution in [2.45, 2.75) is 25.9 Å². The zero-order chi connectivity index (χ0) is 19.1. The Labute approximate surface area is 158 Å². The van der Waals surface area contributed by atoms with Gasteiger partial charge in [-0.1, -0.05) is 12.1 Å². The van der Waals surface area contributed by atoms with E-state index in [2.05, 4.69) is 32.3 Å². The molecule has 7 heteroatoms. The molecule has 0 aliphatic carbocycles. The Balaban J connectivity index is 1.48. The van der Waals surface area contributed by atoms with E-state index >= 15 is 0 Å². The van der Waals surface area contributed by atoms with Crippen molar-refractivity contribution in [1.82, 2.24) is 14.9 Å². The number of rotatable bonds is 8. The Morgan fingerprint density at radius 2 is 2.15 bits per heavy atom. The molecule has 1 fully saturated rings.